The first-order valence-electron chi connectivity index (χ1n) is 11.6. The molecule has 0 saturated carbocycles. The fourth-order valence-electron chi connectivity index (χ4n) is 4.95. The van der Waals surface area contributed by atoms with Gasteiger partial charge in [0.15, 0.2) is 0 Å². The van der Waals surface area contributed by atoms with Gasteiger partial charge in [-0.25, -0.2) is 9.18 Å². The highest BCUT2D eigenvalue weighted by molar-refractivity contribution is 5.87. The summed E-state index contributed by atoms with van der Waals surface area (Å²) in [6.07, 6.45) is 5.43. The average molecular weight is 485 g/mol. The monoisotopic (exact) mass is 484 g/mol. The van der Waals surface area contributed by atoms with E-state index in [1.165, 1.54) is 17.0 Å². The molecule has 1 fully saturated rings. The number of pyridine rings is 2. The van der Waals surface area contributed by atoms with Crippen LogP contribution in [0.3, 0.4) is 0 Å². The van der Waals surface area contributed by atoms with Crippen LogP contribution in [0.25, 0.3) is 0 Å². The van der Waals surface area contributed by atoms with E-state index < -0.39 is 17.7 Å². The summed E-state index contributed by atoms with van der Waals surface area (Å²) in [5.74, 6) is -0.383. The Morgan fingerprint density at radius 3 is 2.00 bits per heavy atom. The third-order valence-electron chi connectivity index (χ3n) is 6.65. The van der Waals surface area contributed by atoms with Gasteiger partial charge in [0.05, 0.1) is 12.1 Å². The summed E-state index contributed by atoms with van der Waals surface area (Å²) in [5.41, 5.74) is 0.781. The first-order chi connectivity index (χ1) is 17.5. The van der Waals surface area contributed by atoms with Crippen molar-refractivity contribution in [1.29, 1.82) is 0 Å². The van der Waals surface area contributed by atoms with Crippen LogP contribution < -0.4 is 4.90 Å². The molecule has 1 unspecified atom stereocenters. The Hall–Kier alpha value is -4.14. The molecule has 182 valence electrons. The van der Waals surface area contributed by atoms with E-state index >= 15 is 0 Å². The molecule has 7 nitrogen and oxygen atoms in total. The molecule has 5 rings (SSSR count). The second kappa shape index (κ2) is 9.85. The van der Waals surface area contributed by atoms with Crippen molar-refractivity contribution in [2.75, 3.05) is 18.0 Å². The van der Waals surface area contributed by atoms with E-state index in [0.717, 1.165) is 0 Å². The summed E-state index contributed by atoms with van der Waals surface area (Å²) in [4.78, 5) is 24.0. The van der Waals surface area contributed by atoms with Crippen molar-refractivity contribution < 1.29 is 19.4 Å². The summed E-state index contributed by atoms with van der Waals surface area (Å²) < 4.78 is 13.9. The Kier molecular flexibility index (Phi) is 6.45. The van der Waals surface area contributed by atoms with Crippen LogP contribution in [0.4, 0.5) is 14.9 Å². The lowest BCUT2D eigenvalue weighted by atomic mass is 9.76. The number of carbonyl (C=O) groups is 1. The summed E-state index contributed by atoms with van der Waals surface area (Å²) in [7, 11) is 0. The van der Waals surface area contributed by atoms with Crippen molar-refractivity contribution in [2.24, 2.45) is 0 Å². The van der Waals surface area contributed by atoms with E-state index in [-0.39, 0.29) is 11.9 Å². The molecule has 2 aromatic carbocycles. The van der Waals surface area contributed by atoms with Gasteiger partial charge in [-0.1, -0.05) is 42.5 Å². The topological polar surface area (TPSA) is 89.8 Å². The molecule has 1 saturated heterocycles. The van der Waals surface area contributed by atoms with Gasteiger partial charge in [0.25, 0.3) is 0 Å². The first kappa shape index (κ1) is 23.6. The van der Waals surface area contributed by atoms with Gasteiger partial charge in [-0.3, -0.25) is 19.8 Å². The van der Waals surface area contributed by atoms with E-state index in [4.69, 9.17) is 0 Å². The molecule has 1 amide bonds. The third-order valence-corrected chi connectivity index (χ3v) is 6.65. The lowest BCUT2D eigenvalue weighted by Gasteiger charge is -2.52. The van der Waals surface area contributed by atoms with Crippen LogP contribution >= 0.6 is 0 Å². The van der Waals surface area contributed by atoms with Crippen molar-refractivity contribution in [3.63, 3.8) is 0 Å². The number of benzene rings is 2. The zero-order valence-electron chi connectivity index (χ0n) is 19.4. The van der Waals surface area contributed by atoms with Gasteiger partial charge in [-0.15, -0.1) is 0 Å². The van der Waals surface area contributed by atoms with Crippen LogP contribution in [-0.4, -0.2) is 50.3 Å². The summed E-state index contributed by atoms with van der Waals surface area (Å²) in [5, 5.41) is 22.4. The Labute approximate surface area is 208 Å². The molecule has 0 bridgehead atoms. The Morgan fingerprint density at radius 1 is 0.917 bits per heavy atom. The molecule has 1 aliphatic rings. The maximum absolute atomic E-state index is 13.9. The van der Waals surface area contributed by atoms with Crippen molar-refractivity contribution in [3.8, 4) is 0 Å². The number of rotatable bonds is 7. The van der Waals surface area contributed by atoms with E-state index in [0.29, 0.717) is 35.5 Å². The van der Waals surface area contributed by atoms with Gasteiger partial charge in [-0.05, 0) is 42.0 Å². The number of likely N-dealkylation sites (tertiary alicyclic amines) is 1. The lowest BCUT2D eigenvalue weighted by Crippen LogP contribution is -2.64. The molecule has 3 heterocycles. The summed E-state index contributed by atoms with van der Waals surface area (Å²) >= 11 is 0. The van der Waals surface area contributed by atoms with Gasteiger partial charge >= 0.3 is 6.09 Å². The maximum Gasteiger partial charge on any atom is 0.412 e. The number of nitrogens with zero attached hydrogens (tertiary/aromatic N) is 4. The molecule has 1 atom stereocenters. The molecule has 2 aromatic heterocycles. The van der Waals surface area contributed by atoms with Gasteiger partial charge in [-0.2, -0.15) is 0 Å². The summed E-state index contributed by atoms with van der Waals surface area (Å²) in [6.45, 7) is 0.734. The van der Waals surface area contributed by atoms with Gasteiger partial charge < -0.3 is 10.2 Å². The lowest BCUT2D eigenvalue weighted by molar-refractivity contribution is -0.0535. The standard InChI is InChI=1S/C28H25FN4O3/c29-23-12-10-20(11-13-23)26(28(36,21-6-4-14-30-16-21)22-7-5-15-31-17-22)32-18-25(19-32)33(27(34)35)24-8-2-1-3-9-24/h1-17,25-26,36H,18-19H2,(H,34,35). The molecular weight excluding hydrogens is 459 g/mol. The minimum atomic E-state index is -1.59. The second-order valence-corrected chi connectivity index (χ2v) is 8.80. The molecule has 0 radical (unpaired) electrons. The number of amides is 1. The number of anilines is 1. The van der Waals surface area contributed by atoms with Crippen molar-refractivity contribution in [1.82, 2.24) is 14.9 Å². The smallest absolute Gasteiger partial charge is 0.412 e. The molecule has 2 N–H and O–H groups in total. The van der Waals surface area contributed by atoms with E-state index in [2.05, 4.69) is 9.97 Å². The van der Waals surface area contributed by atoms with Crippen LogP contribution in [-0.2, 0) is 5.60 Å². The number of hydrogen-bond acceptors (Lipinski definition) is 5. The molecule has 4 aromatic rings. The quantitative estimate of drug-likeness (QED) is 0.403. The minimum Gasteiger partial charge on any atom is -0.465 e. The number of halogens is 1. The largest absolute Gasteiger partial charge is 0.465 e. The maximum atomic E-state index is 13.9. The molecular formula is C28H25FN4O3. The normalized spacial score (nSPS) is 15.2. The van der Waals surface area contributed by atoms with E-state index in [1.807, 2.05) is 11.0 Å². The minimum absolute atomic E-state index is 0.320. The number of aromatic nitrogens is 2. The SMILES string of the molecule is O=C(O)N(c1ccccc1)C1CN(C(c2ccc(F)cc2)C(O)(c2cccnc2)c2cccnc2)C1. The predicted molar refractivity (Wildman–Crippen MR) is 133 cm³/mol. The van der Waals surface area contributed by atoms with Crippen molar-refractivity contribution in [3.05, 3.63) is 126 Å². The Morgan fingerprint density at radius 2 is 1.50 bits per heavy atom. The molecule has 1 aliphatic heterocycles. The number of hydrogen-bond donors (Lipinski definition) is 2. The van der Waals surface area contributed by atoms with Gasteiger partial charge in [0.1, 0.15) is 11.4 Å². The van der Waals surface area contributed by atoms with Crippen LogP contribution in [0.1, 0.15) is 22.7 Å². The van der Waals surface area contributed by atoms with Crippen LogP contribution in [0.5, 0.6) is 0 Å². The number of aliphatic hydroxyl groups is 1. The second-order valence-electron chi connectivity index (χ2n) is 8.80. The summed E-state index contributed by atoms with van der Waals surface area (Å²) in [6, 6.07) is 21.1. The van der Waals surface area contributed by atoms with E-state index in [1.54, 1.807) is 85.5 Å². The number of carboxylic acid groups (broad SMARTS) is 1. The molecule has 0 spiro atoms. The Balaban J connectivity index is 1.57. The molecule has 0 aliphatic carbocycles. The fraction of sp³-hybridized carbons (Fsp3) is 0.179. The highest BCUT2D eigenvalue weighted by Gasteiger charge is 2.50. The van der Waals surface area contributed by atoms with Crippen LogP contribution in [0.15, 0.2) is 104 Å². The van der Waals surface area contributed by atoms with Gasteiger partial charge in [0.2, 0.25) is 0 Å². The zero-order valence-corrected chi connectivity index (χ0v) is 19.4. The first-order valence-corrected chi connectivity index (χ1v) is 11.6. The van der Waals surface area contributed by atoms with E-state index in [9.17, 15) is 19.4 Å². The highest BCUT2D eigenvalue weighted by atomic mass is 19.1. The van der Waals surface area contributed by atoms with Crippen molar-refractivity contribution in [2.45, 2.75) is 17.7 Å². The zero-order chi connectivity index (χ0) is 25.1. The Bertz CT molecular complexity index is 1260. The third kappa shape index (κ3) is 4.32. The number of para-hydroxylation sites is 1. The van der Waals surface area contributed by atoms with Crippen molar-refractivity contribution >= 4 is 11.8 Å². The predicted octanol–water partition coefficient (Wildman–Crippen LogP) is 4.46. The fourth-order valence-corrected chi connectivity index (χ4v) is 4.95. The molecule has 36 heavy (non-hydrogen) atoms. The van der Waals surface area contributed by atoms with Crippen LogP contribution in [0.2, 0.25) is 0 Å². The average Bonchev–Trinajstić information content (AvgIpc) is 2.89. The van der Waals surface area contributed by atoms with Gasteiger partial charge in [0, 0.05) is 54.7 Å². The highest BCUT2D eigenvalue weighted by Crippen LogP contribution is 2.46. The van der Waals surface area contributed by atoms with Crippen LogP contribution in [0, 0.1) is 5.82 Å². The molecule has 8 heteroatoms.